The number of rotatable bonds is 14. The Labute approximate surface area is 242 Å². The number of hydrogen-bond acceptors (Lipinski definition) is 7. The highest BCUT2D eigenvalue weighted by Crippen LogP contribution is 2.38. The van der Waals surface area contributed by atoms with Crippen molar-refractivity contribution < 1.29 is 29.6 Å². The number of aromatic carboxylic acids is 1. The maximum Gasteiger partial charge on any atom is 0.341 e. The van der Waals surface area contributed by atoms with Crippen LogP contribution in [0.4, 0.5) is 0 Å². The molecule has 220 valence electrons. The van der Waals surface area contributed by atoms with Gasteiger partial charge in [-0.2, -0.15) is 0 Å². The fourth-order valence-electron chi connectivity index (χ4n) is 4.66. The lowest BCUT2D eigenvalue weighted by Gasteiger charge is -2.15. The van der Waals surface area contributed by atoms with E-state index in [1.165, 1.54) is 38.5 Å². The Hall–Kier alpha value is -4.07. The highest BCUT2D eigenvalue weighted by molar-refractivity contribution is 6.00. The number of nitrogens with zero attached hydrogens (tertiary/aromatic N) is 2. The normalized spacial score (nSPS) is 10.8. The molecule has 2 heterocycles. The molecular weight excluding hydrogens is 520 g/mol. The second kappa shape index (κ2) is 16.3. The summed E-state index contributed by atoms with van der Waals surface area (Å²) in [6.07, 6.45) is 11.7. The van der Waals surface area contributed by atoms with E-state index in [0.717, 1.165) is 23.7 Å². The summed E-state index contributed by atoms with van der Waals surface area (Å²) in [5.74, 6) is -0.111. The maximum absolute atomic E-state index is 11.6. The van der Waals surface area contributed by atoms with Gasteiger partial charge in [0.2, 0.25) is 0 Å². The number of ether oxygens (including phenoxy) is 2. The van der Waals surface area contributed by atoms with Gasteiger partial charge in [-0.1, -0.05) is 70.9 Å². The molecule has 0 amide bonds. The number of benzene rings is 2. The zero-order chi connectivity index (χ0) is 29.6. The van der Waals surface area contributed by atoms with Crippen LogP contribution in [-0.4, -0.2) is 44.5 Å². The molecule has 0 aliphatic carbocycles. The molecule has 2 aromatic heterocycles. The van der Waals surface area contributed by atoms with Crippen LogP contribution in [0.1, 0.15) is 88.2 Å². The minimum Gasteiger partial charge on any atom is -0.507 e. The van der Waals surface area contributed by atoms with Crippen molar-refractivity contribution >= 4 is 27.8 Å². The fourth-order valence-corrected chi connectivity index (χ4v) is 4.66. The third-order valence-corrected chi connectivity index (χ3v) is 6.83. The van der Waals surface area contributed by atoms with E-state index in [-0.39, 0.29) is 17.1 Å². The van der Waals surface area contributed by atoms with Gasteiger partial charge >= 0.3 is 5.97 Å². The molecule has 0 saturated carbocycles. The molecule has 8 nitrogen and oxygen atoms in total. The molecule has 4 rings (SSSR count). The predicted octanol–water partition coefficient (Wildman–Crippen LogP) is 8.06. The summed E-state index contributed by atoms with van der Waals surface area (Å²) in [5.41, 5.74) is 1.52. The zero-order valence-corrected chi connectivity index (χ0v) is 24.4. The molecule has 0 atom stereocenters. The molecule has 2 aromatic carbocycles. The smallest absolute Gasteiger partial charge is 0.341 e. The quantitative estimate of drug-likeness (QED) is 0.132. The topological polar surface area (TPSA) is 122 Å². The van der Waals surface area contributed by atoms with Gasteiger partial charge < -0.3 is 24.8 Å². The molecule has 0 saturated heterocycles. The summed E-state index contributed by atoms with van der Waals surface area (Å²) in [6.45, 7) is 6.95. The second-order valence-electron chi connectivity index (χ2n) is 9.86. The van der Waals surface area contributed by atoms with Crippen molar-refractivity contribution in [2.24, 2.45) is 0 Å². The van der Waals surface area contributed by atoms with Gasteiger partial charge in [0.15, 0.2) is 11.5 Å². The molecule has 0 bridgehead atoms. The number of unbranched alkanes of at least 4 members (excludes halogenated alkanes) is 7. The van der Waals surface area contributed by atoms with Gasteiger partial charge in [-0.15, -0.1) is 0 Å². The number of fused-ring (bicyclic) bond motifs is 2. The van der Waals surface area contributed by atoms with Crippen LogP contribution < -0.4 is 9.47 Å². The molecule has 0 aliphatic heterocycles. The van der Waals surface area contributed by atoms with E-state index in [9.17, 15) is 20.1 Å². The second-order valence-corrected chi connectivity index (χ2v) is 9.86. The van der Waals surface area contributed by atoms with Crippen molar-refractivity contribution in [3.05, 3.63) is 59.9 Å². The third-order valence-electron chi connectivity index (χ3n) is 6.83. The van der Waals surface area contributed by atoms with E-state index in [2.05, 4.69) is 16.9 Å². The molecule has 0 fully saturated rings. The van der Waals surface area contributed by atoms with Crippen molar-refractivity contribution in [3.63, 3.8) is 0 Å². The van der Waals surface area contributed by atoms with Gasteiger partial charge in [0, 0.05) is 23.0 Å². The Balaban J connectivity index is 0.000000346. The number of aromatic nitrogens is 2. The van der Waals surface area contributed by atoms with Gasteiger partial charge in [0.05, 0.1) is 29.9 Å². The zero-order valence-electron chi connectivity index (χ0n) is 24.4. The maximum atomic E-state index is 11.6. The van der Waals surface area contributed by atoms with E-state index >= 15 is 0 Å². The highest BCUT2D eigenvalue weighted by atomic mass is 16.5. The molecule has 0 aliphatic rings. The van der Waals surface area contributed by atoms with Crippen molar-refractivity contribution in [2.75, 3.05) is 13.2 Å². The summed E-state index contributed by atoms with van der Waals surface area (Å²) >= 11 is 0. The van der Waals surface area contributed by atoms with E-state index in [1.807, 2.05) is 38.1 Å². The van der Waals surface area contributed by atoms with Gasteiger partial charge in [-0.05, 0) is 44.0 Å². The van der Waals surface area contributed by atoms with Crippen LogP contribution >= 0.6 is 0 Å². The Bertz CT molecular complexity index is 1420. The number of aromatic hydroxyl groups is 2. The Morgan fingerprint density at radius 2 is 1.49 bits per heavy atom. The molecular formula is C33H42N2O6. The van der Waals surface area contributed by atoms with Crippen LogP contribution in [-0.2, 0) is 6.42 Å². The Kier molecular flexibility index (Phi) is 12.5. The SMILES string of the molecule is CCCCCCCCCCOc1cc2c(O)c(C(=O)O)c(CC)nc2cc1OCC.Oc1ccnc2ccccc12. The number of carboxylic acid groups (broad SMARTS) is 1. The van der Waals surface area contributed by atoms with Crippen LogP contribution in [0.15, 0.2) is 48.7 Å². The lowest BCUT2D eigenvalue weighted by Crippen LogP contribution is -2.06. The van der Waals surface area contributed by atoms with Gasteiger partial charge in [0.1, 0.15) is 17.1 Å². The number of pyridine rings is 2. The van der Waals surface area contributed by atoms with Crippen molar-refractivity contribution in [3.8, 4) is 23.0 Å². The van der Waals surface area contributed by atoms with Crippen molar-refractivity contribution in [2.45, 2.75) is 78.6 Å². The van der Waals surface area contributed by atoms with E-state index in [4.69, 9.17) is 9.47 Å². The number of para-hydroxylation sites is 1. The third kappa shape index (κ3) is 8.71. The molecule has 3 N–H and O–H groups in total. The van der Waals surface area contributed by atoms with Gasteiger partial charge in [-0.3, -0.25) is 9.97 Å². The monoisotopic (exact) mass is 562 g/mol. The number of aryl methyl sites for hydroxylation is 1. The molecule has 0 unspecified atom stereocenters. The highest BCUT2D eigenvalue weighted by Gasteiger charge is 2.21. The van der Waals surface area contributed by atoms with Crippen molar-refractivity contribution in [1.82, 2.24) is 9.97 Å². The van der Waals surface area contributed by atoms with E-state index in [1.54, 1.807) is 24.4 Å². The summed E-state index contributed by atoms with van der Waals surface area (Å²) in [5, 5.41) is 30.6. The Morgan fingerprint density at radius 3 is 2.15 bits per heavy atom. The first kappa shape index (κ1) is 31.5. The average molecular weight is 563 g/mol. The first-order valence-corrected chi connectivity index (χ1v) is 14.6. The largest absolute Gasteiger partial charge is 0.507 e. The number of carbonyl (C=O) groups is 1. The summed E-state index contributed by atoms with van der Waals surface area (Å²) < 4.78 is 11.6. The van der Waals surface area contributed by atoms with E-state index < -0.39 is 5.97 Å². The Morgan fingerprint density at radius 1 is 0.805 bits per heavy atom. The summed E-state index contributed by atoms with van der Waals surface area (Å²) in [4.78, 5) is 20.1. The molecule has 41 heavy (non-hydrogen) atoms. The van der Waals surface area contributed by atoms with E-state index in [0.29, 0.717) is 47.7 Å². The summed E-state index contributed by atoms with van der Waals surface area (Å²) in [7, 11) is 0. The van der Waals surface area contributed by atoms with Crippen LogP contribution in [0.5, 0.6) is 23.0 Å². The number of carboxylic acids is 1. The van der Waals surface area contributed by atoms with Crippen molar-refractivity contribution in [1.29, 1.82) is 0 Å². The van der Waals surface area contributed by atoms with Gasteiger partial charge in [0.25, 0.3) is 0 Å². The molecule has 0 spiro atoms. The van der Waals surface area contributed by atoms with Crippen LogP contribution in [0.25, 0.3) is 21.8 Å². The standard InChI is InChI=1S/C24H35NO5.C9H7NO/c1-4-7-8-9-10-11-12-13-14-30-20-15-17-19(16-21(20)29-6-3)25-18(5-2)22(23(17)26)24(27)28;11-9-5-6-10-8-4-2-1-3-7(8)9/h15-16H,4-14H2,1-3H3,(H,25,26)(H,27,28);1-6H,(H,10,11). The fraction of sp³-hybridized carbons (Fsp3) is 0.424. The van der Waals surface area contributed by atoms with Crippen LogP contribution in [0.3, 0.4) is 0 Å². The number of hydrogen-bond donors (Lipinski definition) is 3. The minimum absolute atomic E-state index is 0.150. The van der Waals surface area contributed by atoms with Gasteiger partial charge in [-0.25, -0.2) is 4.79 Å². The lowest BCUT2D eigenvalue weighted by molar-refractivity contribution is 0.0692. The first-order valence-electron chi connectivity index (χ1n) is 14.6. The molecule has 8 heteroatoms. The minimum atomic E-state index is -1.19. The lowest BCUT2D eigenvalue weighted by atomic mass is 10.0. The first-order chi connectivity index (χ1) is 19.9. The summed E-state index contributed by atoms with van der Waals surface area (Å²) in [6, 6.07) is 12.4. The van der Waals surface area contributed by atoms with Crippen LogP contribution in [0, 0.1) is 0 Å². The molecule has 4 aromatic rings. The van der Waals surface area contributed by atoms with Crippen LogP contribution in [0.2, 0.25) is 0 Å². The predicted molar refractivity (Wildman–Crippen MR) is 162 cm³/mol. The average Bonchev–Trinajstić information content (AvgIpc) is 2.97. The molecule has 0 radical (unpaired) electrons.